The zero-order valence-corrected chi connectivity index (χ0v) is 15.8. The van der Waals surface area contributed by atoms with Crippen molar-refractivity contribution in [3.8, 4) is 10.9 Å². The first-order valence-corrected chi connectivity index (χ1v) is 9.89. The van der Waals surface area contributed by atoms with Gasteiger partial charge in [-0.15, -0.1) is 0 Å². The van der Waals surface area contributed by atoms with Gasteiger partial charge in [0.15, 0.2) is 5.65 Å². The average molecular weight is 380 g/mol. The van der Waals surface area contributed by atoms with E-state index in [1.165, 1.54) is 22.3 Å². The molecule has 5 rings (SSSR count). The van der Waals surface area contributed by atoms with E-state index >= 15 is 0 Å². The monoisotopic (exact) mass is 380 g/mol. The molecule has 138 valence electrons. The minimum absolute atomic E-state index is 0.443. The molecule has 1 aromatic carbocycles. The predicted molar refractivity (Wildman–Crippen MR) is 106 cm³/mol. The minimum atomic E-state index is 0.443. The lowest BCUT2D eigenvalue weighted by atomic mass is 10.1. The van der Waals surface area contributed by atoms with Crippen molar-refractivity contribution in [2.45, 2.75) is 19.5 Å². The lowest BCUT2D eigenvalue weighted by Crippen LogP contribution is -2.42. The van der Waals surface area contributed by atoms with E-state index in [2.05, 4.69) is 39.0 Å². The summed E-state index contributed by atoms with van der Waals surface area (Å²) in [5.41, 5.74) is 3.09. The molecule has 1 atom stereocenters. The summed E-state index contributed by atoms with van der Waals surface area (Å²) in [6.07, 6.45) is 3.84. The number of ether oxygens (including phenoxy) is 2. The highest BCUT2D eigenvalue weighted by Crippen LogP contribution is 2.32. The van der Waals surface area contributed by atoms with Crippen molar-refractivity contribution in [1.29, 1.82) is 0 Å². The quantitative estimate of drug-likeness (QED) is 0.575. The first-order chi connectivity index (χ1) is 13.3. The van der Waals surface area contributed by atoms with Gasteiger partial charge in [0.1, 0.15) is 5.75 Å². The number of fused-ring (bicyclic) bond motifs is 2. The summed E-state index contributed by atoms with van der Waals surface area (Å²) >= 11 is 1.50. The first kappa shape index (κ1) is 16.7. The van der Waals surface area contributed by atoms with Crippen molar-refractivity contribution in [1.82, 2.24) is 19.9 Å². The third-order valence-electron chi connectivity index (χ3n) is 4.97. The number of nitrogens with zero attached hydrogens (tertiary/aromatic N) is 3. The van der Waals surface area contributed by atoms with Crippen LogP contribution in [0.2, 0.25) is 0 Å². The Kier molecular flexibility index (Phi) is 4.27. The van der Waals surface area contributed by atoms with Crippen LogP contribution >= 0.6 is 11.3 Å². The molecule has 0 radical (unpaired) electrons. The summed E-state index contributed by atoms with van der Waals surface area (Å²) in [4.78, 5) is 14.5. The Bertz CT molecular complexity index is 1060. The number of pyridine rings is 1. The van der Waals surface area contributed by atoms with Gasteiger partial charge in [-0.25, -0.2) is 4.98 Å². The highest BCUT2D eigenvalue weighted by Gasteiger charge is 2.20. The van der Waals surface area contributed by atoms with Crippen molar-refractivity contribution in [2.24, 2.45) is 0 Å². The number of hydrogen-bond donors (Lipinski definition) is 1. The molecule has 1 saturated heterocycles. The Morgan fingerprint density at radius 3 is 3.22 bits per heavy atom. The van der Waals surface area contributed by atoms with Crippen molar-refractivity contribution in [3.63, 3.8) is 0 Å². The van der Waals surface area contributed by atoms with Crippen LogP contribution in [0.15, 0.2) is 42.7 Å². The van der Waals surface area contributed by atoms with Crippen LogP contribution in [0.1, 0.15) is 12.5 Å². The number of rotatable bonds is 4. The van der Waals surface area contributed by atoms with E-state index in [1.807, 2.05) is 24.3 Å². The fourth-order valence-electron chi connectivity index (χ4n) is 3.47. The van der Waals surface area contributed by atoms with Crippen molar-refractivity contribution in [3.05, 3.63) is 48.3 Å². The Hall–Kier alpha value is -2.48. The molecular formula is C20H20N4O2S. The third-order valence-corrected chi connectivity index (χ3v) is 5.86. The molecule has 1 fully saturated rings. The second kappa shape index (κ2) is 6.92. The van der Waals surface area contributed by atoms with Crippen molar-refractivity contribution in [2.75, 3.05) is 19.8 Å². The van der Waals surface area contributed by atoms with Crippen LogP contribution in [0.5, 0.6) is 10.9 Å². The van der Waals surface area contributed by atoms with Gasteiger partial charge < -0.3 is 14.5 Å². The minimum Gasteiger partial charge on any atom is -0.431 e. The molecule has 4 aromatic rings. The Balaban J connectivity index is 1.38. The van der Waals surface area contributed by atoms with Crippen LogP contribution in [0.3, 0.4) is 0 Å². The predicted octanol–water partition coefficient (Wildman–Crippen LogP) is 4.19. The smallest absolute Gasteiger partial charge is 0.281 e. The average Bonchev–Trinajstić information content (AvgIpc) is 3.27. The Morgan fingerprint density at radius 1 is 1.37 bits per heavy atom. The standard InChI is InChI=1S/C20H20N4O2S/c1-13-12-25-8-7-24(13)11-14-10-22-17-9-15(4-5-16(14)17)26-20-23-19-18(27-20)3-2-6-21-19/h2-6,9-10,13,22H,7-8,11-12H2,1H3/t13-/m0/s1. The van der Waals surface area contributed by atoms with E-state index in [4.69, 9.17) is 9.47 Å². The van der Waals surface area contributed by atoms with Crippen LogP contribution in [0.25, 0.3) is 21.3 Å². The van der Waals surface area contributed by atoms with E-state index in [0.29, 0.717) is 11.2 Å². The zero-order chi connectivity index (χ0) is 18.2. The second-order valence-electron chi connectivity index (χ2n) is 6.82. The van der Waals surface area contributed by atoms with Crippen LogP contribution in [0, 0.1) is 0 Å². The summed E-state index contributed by atoms with van der Waals surface area (Å²) in [6, 6.07) is 10.5. The van der Waals surface area contributed by atoms with Crippen LogP contribution in [0.4, 0.5) is 0 Å². The van der Waals surface area contributed by atoms with Crippen molar-refractivity contribution < 1.29 is 9.47 Å². The molecule has 27 heavy (non-hydrogen) atoms. The summed E-state index contributed by atoms with van der Waals surface area (Å²) in [5.74, 6) is 0.773. The first-order valence-electron chi connectivity index (χ1n) is 9.07. The molecular weight excluding hydrogens is 360 g/mol. The molecule has 3 aromatic heterocycles. The van der Waals surface area contributed by atoms with Crippen LogP contribution in [-0.4, -0.2) is 45.7 Å². The molecule has 0 amide bonds. The van der Waals surface area contributed by atoms with E-state index < -0.39 is 0 Å². The van der Waals surface area contributed by atoms with Gasteiger partial charge in [0.25, 0.3) is 5.19 Å². The highest BCUT2D eigenvalue weighted by molar-refractivity contribution is 7.20. The SMILES string of the molecule is C[C@H]1COCCN1Cc1c[nH]c2cc(Oc3nc4ncccc4s3)ccc12. The van der Waals surface area contributed by atoms with Crippen molar-refractivity contribution >= 4 is 32.6 Å². The summed E-state index contributed by atoms with van der Waals surface area (Å²) in [5, 5.41) is 1.84. The maximum absolute atomic E-state index is 5.97. The Morgan fingerprint density at radius 2 is 2.33 bits per heavy atom. The molecule has 1 aliphatic heterocycles. The highest BCUT2D eigenvalue weighted by atomic mass is 32.1. The molecule has 0 spiro atoms. The number of nitrogens with one attached hydrogen (secondary N) is 1. The van der Waals surface area contributed by atoms with Gasteiger partial charge in [0, 0.05) is 48.5 Å². The largest absolute Gasteiger partial charge is 0.431 e. The normalized spacial score (nSPS) is 18.3. The number of aromatic nitrogens is 3. The molecule has 4 heterocycles. The summed E-state index contributed by atoms with van der Waals surface area (Å²) in [6.45, 7) is 5.72. The second-order valence-corrected chi connectivity index (χ2v) is 7.82. The van der Waals surface area contributed by atoms with E-state index in [0.717, 1.165) is 47.9 Å². The molecule has 0 aliphatic carbocycles. The maximum atomic E-state index is 5.97. The van der Waals surface area contributed by atoms with Gasteiger partial charge >= 0.3 is 0 Å². The number of aromatic amines is 1. The molecule has 0 saturated carbocycles. The molecule has 1 N–H and O–H groups in total. The van der Waals surface area contributed by atoms with Gasteiger partial charge in [-0.1, -0.05) is 11.3 Å². The lowest BCUT2D eigenvalue weighted by Gasteiger charge is -2.33. The number of hydrogen-bond acceptors (Lipinski definition) is 6. The number of H-pyrrole nitrogens is 1. The van der Waals surface area contributed by atoms with Crippen LogP contribution in [-0.2, 0) is 11.3 Å². The topological polar surface area (TPSA) is 63.3 Å². The van der Waals surface area contributed by atoms with Gasteiger partial charge in [-0.2, -0.15) is 4.98 Å². The van der Waals surface area contributed by atoms with E-state index in [-0.39, 0.29) is 0 Å². The molecule has 1 aliphatic rings. The van der Waals surface area contributed by atoms with Crippen LogP contribution < -0.4 is 4.74 Å². The number of benzene rings is 1. The van der Waals surface area contributed by atoms with Gasteiger partial charge in [0.05, 0.1) is 17.9 Å². The number of thiazole rings is 1. The van der Waals surface area contributed by atoms with Gasteiger partial charge in [0.2, 0.25) is 0 Å². The van der Waals surface area contributed by atoms with E-state index in [9.17, 15) is 0 Å². The zero-order valence-electron chi connectivity index (χ0n) is 15.0. The summed E-state index contributed by atoms with van der Waals surface area (Å²) in [7, 11) is 0. The molecule has 0 bridgehead atoms. The maximum Gasteiger partial charge on any atom is 0.281 e. The molecule has 0 unspecified atom stereocenters. The van der Waals surface area contributed by atoms with E-state index in [1.54, 1.807) is 6.20 Å². The molecule has 7 heteroatoms. The fraction of sp³-hybridized carbons (Fsp3) is 0.300. The summed E-state index contributed by atoms with van der Waals surface area (Å²) < 4.78 is 12.5. The lowest BCUT2D eigenvalue weighted by molar-refractivity contribution is -0.00418. The third kappa shape index (κ3) is 3.29. The fourth-order valence-corrected chi connectivity index (χ4v) is 4.26. The number of morpholine rings is 1. The Labute approximate surface area is 160 Å². The van der Waals surface area contributed by atoms with Gasteiger partial charge in [-0.05, 0) is 36.8 Å². The van der Waals surface area contributed by atoms with Gasteiger partial charge in [-0.3, -0.25) is 4.90 Å². The molecule has 6 nitrogen and oxygen atoms in total.